The highest BCUT2D eigenvalue weighted by molar-refractivity contribution is 5.76. The monoisotopic (exact) mass is 323 g/mol. The number of ether oxygens (including phenoxy) is 2. The van der Waals surface area contributed by atoms with Crippen molar-refractivity contribution in [2.45, 2.75) is 19.8 Å². The van der Waals surface area contributed by atoms with Crippen LogP contribution < -0.4 is 16.0 Å². The largest absolute Gasteiger partial charge is 0.466 e. The number of hydrogen-bond donors (Lipinski definition) is 2. The predicted octanol–water partition coefficient (Wildman–Crippen LogP) is 0.897. The summed E-state index contributed by atoms with van der Waals surface area (Å²) in [6, 6.07) is 0. The molecule has 1 aromatic heterocycles. The fraction of sp³-hybridized carbons (Fsp3) is 0.667. The van der Waals surface area contributed by atoms with Crippen LogP contribution in [0.2, 0.25) is 0 Å². The molecule has 0 atom stereocenters. The molecule has 1 aliphatic heterocycles. The van der Waals surface area contributed by atoms with E-state index in [4.69, 9.17) is 15.2 Å². The molecule has 0 amide bonds. The van der Waals surface area contributed by atoms with Crippen molar-refractivity contribution >= 4 is 23.3 Å². The molecule has 0 bridgehead atoms. The lowest BCUT2D eigenvalue weighted by Crippen LogP contribution is -2.38. The Kier molecular flexibility index (Phi) is 6.40. The Balaban J connectivity index is 1.97. The average molecular weight is 323 g/mol. The molecule has 1 aromatic rings. The van der Waals surface area contributed by atoms with Crippen LogP contribution in [0.5, 0.6) is 0 Å². The molecule has 1 fully saturated rings. The van der Waals surface area contributed by atoms with Gasteiger partial charge < -0.3 is 25.4 Å². The summed E-state index contributed by atoms with van der Waals surface area (Å²) >= 11 is 0. The first-order valence-corrected chi connectivity index (χ1v) is 7.92. The Morgan fingerprint density at radius 3 is 2.83 bits per heavy atom. The highest BCUT2D eigenvalue weighted by Gasteiger charge is 2.27. The van der Waals surface area contributed by atoms with E-state index >= 15 is 0 Å². The number of rotatable bonds is 7. The van der Waals surface area contributed by atoms with Crippen molar-refractivity contribution in [1.29, 1.82) is 0 Å². The smallest absolute Gasteiger partial charge is 0.309 e. The number of piperidine rings is 1. The van der Waals surface area contributed by atoms with E-state index in [0.717, 1.165) is 25.9 Å². The number of carbonyl (C=O) groups is 1. The zero-order chi connectivity index (χ0) is 16.7. The SMILES string of the molecule is CCOC(=O)C1CCN(c2ncnc(NCCOC)c2N)CC1. The van der Waals surface area contributed by atoms with Crippen LogP contribution in [0.4, 0.5) is 17.3 Å². The van der Waals surface area contributed by atoms with E-state index in [2.05, 4.69) is 20.2 Å². The minimum atomic E-state index is -0.107. The van der Waals surface area contributed by atoms with Crippen LogP contribution in [0.1, 0.15) is 19.8 Å². The number of nitrogens with two attached hydrogens (primary N) is 1. The Hall–Kier alpha value is -2.09. The minimum absolute atomic E-state index is 0.0337. The number of hydrogen-bond acceptors (Lipinski definition) is 8. The molecule has 0 saturated carbocycles. The third kappa shape index (κ3) is 4.44. The first kappa shape index (κ1) is 17.3. The van der Waals surface area contributed by atoms with Gasteiger partial charge in [0.25, 0.3) is 0 Å². The normalized spacial score (nSPS) is 15.5. The fourth-order valence-corrected chi connectivity index (χ4v) is 2.64. The average Bonchev–Trinajstić information content (AvgIpc) is 2.57. The van der Waals surface area contributed by atoms with Gasteiger partial charge in [0.15, 0.2) is 11.6 Å². The van der Waals surface area contributed by atoms with E-state index in [-0.39, 0.29) is 11.9 Å². The number of aromatic nitrogens is 2. The van der Waals surface area contributed by atoms with Crippen LogP contribution in [0.3, 0.4) is 0 Å². The Bertz CT molecular complexity index is 518. The van der Waals surface area contributed by atoms with Gasteiger partial charge in [0.05, 0.1) is 19.1 Å². The van der Waals surface area contributed by atoms with Gasteiger partial charge in [0, 0.05) is 26.7 Å². The maximum Gasteiger partial charge on any atom is 0.309 e. The van der Waals surface area contributed by atoms with E-state index in [1.165, 1.54) is 6.33 Å². The van der Waals surface area contributed by atoms with E-state index in [1.807, 2.05) is 6.92 Å². The van der Waals surface area contributed by atoms with Crippen molar-refractivity contribution in [3.63, 3.8) is 0 Å². The van der Waals surface area contributed by atoms with Gasteiger partial charge in [-0.25, -0.2) is 9.97 Å². The molecule has 8 heteroatoms. The van der Waals surface area contributed by atoms with E-state index in [1.54, 1.807) is 7.11 Å². The second kappa shape index (κ2) is 8.52. The van der Waals surface area contributed by atoms with Crippen LogP contribution in [-0.2, 0) is 14.3 Å². The van der Waals surface area contributed by atoms with Gasteiger partial charge in [-0.05, 0) is 19.8 Å². The molecule has 1 aliphatic rings. The van der Waals surface area contributed by atoms with Crippen LogP contribution in [0, 0.1) is 5.92 Å². The summed E-state index contributed by atoms with van der Waals surface area (Å²) in [5.41, 5.74) is 6.70. The van der Waals surface area contributed by atoms with Gasteiger partial charge in [-0.15, -0.1) is 0 Å². The molecule has 0 aromatic carbocycles. The Morgan fingerprint density at radius 2 is 2.17 bits per heavy atom. The molecule has 0 unspecified atom stereocenters. The summed E-state index contributed by atoms with van der Waals surface area (Å²) < 4.78 is 10.1. The zero-order valence-corrected chi connectivity index (χ0v) is 13.7. The molecule has 1 saturated heterocycles. The summed E-state index contributed by atoms with van der Waals surface area (Å²) in [5.74, 6) is 1.18. The van der Waals surface area contributed by atoms with Crippen molar-refractivity contribution in [1.82, 2.24) is 9.97 Å². The Labute approximate surface area is 136 Å². The number of carbonyl (C=O) groups excluding carboxylic acids is 1. The maximum absolute atomic E-state index is 11.8. The molecule has 2 rings (SSSR count). The fourth-order valence-electron chi connectivity index (χ4n) is 2.64. The minimum Gasteiger partial charge on any atom is -0.466 e. The second-order valence-electron chi connectivity index (χ2n) is 5.39. The molecule has 128 valence electrons. The summed E-state index contributed by atoms with van der Waals surface area (Å²) in [7, 11) is 1.64. The molecule has 2 heterocycles. The summed E-state index contributed by atoms with van der Waals surface area (Å²) in [5, 5.41) is 3.14. The summed E-state index contributed by atoms with van der Waals surface area (Å²) in [6.45, 7) is 4.90. The molecular weight excluding hydrogens is 298 g/mol. The molecule has 0 spiro atoms. The summed E-state index contributed by atoms with van der Waals surface area (Å²) in [4.78, 5) is 22.4. The first-order valence-electron chi connectivity index (χ1n) is 7.92. The van der Waals surface area contributed by atoms with Gasteiger partial charge in [0.2, 0.25) is 0 Å². The predicted molar refractivity (Wildman–Crippen MR) is 88.4 cm³/mol. The van der Waals surface area contributed by atoms with Crippen molar-refractivity contribution in [3.8, 4) is 0 Å². The van der Waals surface area contributed by atoms with Crippen molar-refractivity contribution in [2.75, 3.05) is 55.9 Å². The lowest BCUT2D eigenvalue weighted by atomic mass is 9.97. The first-order chi connectivity index (χ1) is 11.2. The molecule has 23 heavy (non-hydrogen) atoms. The maximum atomic E-state index is 11.8. The van der Waals surface area contributed by atoms with Crippen LogP contribution in [0.15, 0.2) is 6.33 Å². The number of anilines is 3. The lowest BCUT2D eigenvalue weighted by molar-refractivity contribution is -0.148. The van der Waals surface area contributed by atoms with Crippen LogP contribution in [-0.4, -0.2) is 55.9 Å². The van der Waals surface area contributed by atoms with Gasteiger partial charge >= 0.3 is 5.97 Å². The third-order valence-electron chi connectivity index (χ3n) is 3.88. The van der Waals surface area contributed by atoms with Gasteiger partial charge in [-0.1, -0.05) is 0 Å². The van der Waals surface area contributed by atoms with Crippen LogP contribution >= 0.6 is 0 Å². The van der Waals surface area contributed by atoms with E-state index in [0.29, 0.717) is 37.1 Å². The highest BCUT2D eigenvalue weighted by atomic mass is 16.5. The third-order valence-corrected chi connectivity index (χ3v) is 3.88. The molecule has 0 aliphatic carbocycles. The topological polar surface area (TPSA) is 103 Å². The number of esters is 1. The molecule has 8 nitrogen and oxygen atoms in total. The standard InChI is InChI=1S/C15H25N5O3/c1-3-23-15(21)11-4-7-20(8-5-11)14-12(16)13(18-10-19-14)17-6-9-22-2/h10-11H,3-9,16H2,1-2H3,(H,17,18,19). The number of methoxy groups -OCH3 is 1. The van der Waals surface area contributed by atoms with Crippen molar-refractivity contribution < 1.29 is 14.3 Å². The number of nitrogens with zero attached hydrogens (tertiary/aromatic N) is 3. The zero-order valence-electron chi connectivity index (χ0n) is 13.7. The van der Waals surface area contributed by atoms with E-state index in [9.17, 15) is 4.79 Å². The summed E-state index contributed by atoms with van der Waals surface area (Å²) in [6.07, 6.45) is 2.99. The lowest BCUT2D eigenvalue weighted by Gasteiger charge is -2.32. The molecule has 3 N–H and O–H groups in total. The van der Waals surface area contributed by atoms with Crippen molar-refractivity contribution in [2.24, 2.45) is 5.92 Å². The van der Waals surface area contributed by atoms with Gasteiger partial charge in [0.1, 0.15) is 12.0 Å². The van der Waals surface area contributed by atoms with Crippen LogP contribution in [0.25, 0.3) is 0 Å². The highest BCUT2D eigenvalue weighted by Crippen LogP contribution is 2.29. The van der Waals surface area contributed by atoms with Crippen molar-refractivity contribution in [3.05, 3.63) is 6.33 Å². The molecular formula is C15H25N5O3. The second-order valence-corrected chi connectivity index (χ2v) is 5.39. The quantitative estimate of drug-likeness (QED) is 0.563. The Morgan fingerprint density at radius 1 is 1.43 bits per heavy atom. The number of nitrogens with one attached hydrogen (secondary N) is 1. The number of nitrogen functional groups attached to an aromatic ring is 1. The van der Waals surface area contributed by atoms with E-state index < -0.39 is 0 Å². The van der Waals surface area contributed by atoms with Gasteiger partial charge in [-0.2, -0.15) is 0 Å². The van der Waals surface area contributed by atoms with Gasteiger partial charge in [-0.3, -0.25) is 4.79 Å². The molecule has 0 radical (unpaired) electrons.